The fraction of sp³-hybridized carbons (Fsp3) is 0.562. The molecule has 0 aliphatic carbocycles. The molecule has 2 amide bonds. The Bertz CT molecular complexity index is 413. The third-order valence-electron chi connectivity index (χ3n) is 3.76. The first-order valence-electron chi connectivity index (χ1n) is 7.42. The first-order chi connectivity index (χ1) is 9.66. The summed E-state index contributed by atoms with van der Waals surface area (Å²) in [6.45, 7) is 2.74. The largest absolute Gasteiger partial charge is 0.331 e. The summed E-state index contributed by atoms with van der Waals surface area (Å²) in [5, 5.41) is 3.19. The minimum absolute atomic E-state index is 0.0788. The molecule has 2 rings (SSSR count). The third-order valence-corrected chi connectivity index (χ3v) is 3.76. The molecule has 0 spiro atoms. The van der Waals surface area contributed by atoms with Gasteiger partial charge in [-0.05, 0) is 45.5 Å². The van der Waals surface area contributed by atoms with Crippen LogP contribution in [0, 0.1) is 0 Å². The molecule has 1 aliphatic heterocycles. The van der Waals surface area contributed by atoms with Gasteiger partial charge in [0.25, 0.3) is 0 Å². The predicted molar refractivity (Wildman–Crippen MR) is 81.7 cm³/mol. The van der Waals surface area contributed by atoms with Crippen molar-refractivity contribution in [3.63, 3.8) is 0 Å². The van der Waals surface area contributed by atoms with E-state index in [9.17, 15) is 4.79 Å². The lowest BCUT2D eigenvalue weighted by molar-refractivity contribution is 0.202. The molecule has 1 saturated heterocycles. The van der Waals surface area contributed by atoms with Crippen LogP contribution in [-0.4, -0.2) is 49.6 Å². The van der Waals surface area contributed by atoms with Crippen molar-refractivity contribution in [1.82, 2.24) is 15.1 Å². The summed E-state index contributed by atoms with van der Waals surface area (Å²) in [6.07, 6.45) is 3.18. The lowest BCUT2D eigenvalue weighted by Crippen LogP contribution is -2.40. The van der Waals surface area contributed by atoms with Crippen LogP contribution in [0.1, 0.15) is 30.9 Å². The van der Waals surface area contributed by atoms with Gasteiger partial charge in [-0.2, -0.15) is 0 Å². The zero-order valence-electron chi connectivity index (χ0n) is 12.5. The Hall–Kier alpha value is -1.55. The van der Waals surface area contributed by atoms with Crippen molar-refractivity contribution in [3.8, 4) is 0 Å². The molecule has 0 bridgehead atoms. The topological polar surface area (TPSA) is 35.6 Å². The lowest BCUT2D eigenvalue weighted by atomic mass is 10.0. The molecule has 1 heterocycles. The molecule has 4 heteroatoms. The van der Waals surface area contributed by atoms with Crippen molar-refractivity contribution in [2.75, 3.05) is 33.7 Å². The summed E-state index contributed by atoms with van der Waals surface area (Å²) in [7, 11) is 4.12. The minimum atomic E-state index is 0.0788. The van der Waals surface area contributed by atoms with Gasteiger partial charge in [-0.1, -0.05) is 30.3 Å². The molecule has 1 fully saturated rings. The van der Waals surface area contributed by atoms with E-state index in [1.54, 1.807) is 0 Å². The Balaban J connectivity index is 2.00. The first-order valence-corrected chi connectivity index (χ1v) is 7.42. The second-order valence-electron chi connectivity index (χ2n) is 5.70. The van der Waals surface area contributed by atoms with Gasteiger partial charge in [0.15, 0.2) is 0 Å². The van der Waals surface area contributed by atoms with Gasteiger partial charge in [0.05, 0.1) is 6.04 Å². The van der Waals surface area contributed by atoms with E-state index in [1.165, 1.54) is 5.56 Å². The van der Waals surface area contributed by atoms with Gasteiger partial charge in [0, 0.05) is 13.1 Å². The van der Waals surface area contributed by atoms with Crippen LogP contribution in [0.15, 0.2) is 30.3 Å². The molecule has 0 radical (unpaired) electrons. The highest BCUT2D eigenvalue weighted by atomic mass is 16.2. The highest BCUT2D eigenvalue weighted by molar-refractivity contribution is 5.75. The van der Waals surface area contributed by atoms with Gasteiger partial charge < -0.3 is 15.1 Å². The average molecular weight is 275 g/mol. The molecule has 1 aromatic carbocycles. The predicted octanol–water partition coefficient (Wildman–Crippen LogP) is 2.48. The molecule has 0 saturated carbocycles. The van der Waals surface area contributed by atoms with Gasteiger partial charge in [-0.3, -0.25) is 0 Å². The second-order valence-corrected chi connectivity index (χ2v) is 5.70. The van der Waals surface area contributed by atoms with Crippen LogP contribution in [0.4, 0.5) is 4.79 Å². The first kappa shape index (κ1) is 14.9. The van der Waals surface area contributed by atoms with Crippen molar-refractivity contribution in [2.24, 2.45) is 0 Å². The smallest absolute Gasteiger partial charge is 0.317 e. The number of hydrogen-bond acceptors (Lipinski definition) is 2. The van der Waals surface area contributed by atoms with E-state index in [4.69, 9.17) is 0 Å². The molecular weight excluding hydrogens is 250 g/mol. The number of nitrogens with one attached hydrogen (secondary N) is 1. The van der Waals surface area contributed by atoms with Gasteiger partial charge in [0.2, 0.25) is 0 Å². The number of benzene rings is 1. The molecule has 20 heavy (non-hydrogen) atoms. The third kappa shape index (κ3) is 4.23. The number of nitrogens with zero attached hydrogens (tertiary/aromatic N) is 2. The van der Waals surface area contributed by atoms with E-state index < -0.39 is 0 Å². The van der Waals surface area contributed by atoms with Gasteiger partial charge >= 0.3 is 6.03 Å². The maximum atomic E-state index is 12.3. The molecule has 0 aromatic heterocycles. The summed E-state index contributed by atoms with van der Waals surface area (Å²) in [4.78, 5) is 16.3. The number of rotatable bonds is 5. The number of likely N-dealkylation sites (tertiary alicyclic amines) is 1. The van der Waals surface area contributed by atoms with E-state index in [2.05, 4.69) is 36.4 Å². The second kappa shape index (κ2) is 7.29. The van der Waals surface area contributed by atoms with E-state index in [-0.39, 0.29) is 12.1 Å². The summed E-state index contributed by atoms with van der Waals surface area (Å²) < 4.78 is 0. The fourth-order valence-electron chi connectivity index (χ4n) is 2.56. The summed E-state index contributed by atoms with van der Waals surface area (Å²) in [5.74, 6) is 0. The van der Waals surface area contributed by atoms with Crippen LogP contribution in [0.3, 0.4) is 0 Å². The molecule has 4 nitrogen and oxygen atoms in total. The SMILES string of the molecule is CN(C)CCC(NC(=O)N1CCCC1)c1ccccc1. The van der Waals surface area contributed by atoms with Crippen molar-refractivity contribution in [2.45, 2.75) is 25.3 Å². The van der Waals surface area contributed by atoms with E-state index >= 15 is 0 Å². The number of carbonyl (C=O) groups is 1. The average Bonchev–Trinajstić information content (AvgIpc) is 2.98. The van der Waals surface area contributed by atoms with Crippen LogP contribution < -0.4 is 5.32 Å². The van der Waals surface area contributed by atoms with Crippen LogP contribution >= 0.6 is 0 Å². The normalized spacial score (nSPS) is 16.4. The zero-order chi connectivity index (χ0) is 14.4. The van der Waals surface area contributed by atoms with Crippen LogP contribution in [-0.2, 0) is 0 Å². The number of hydrogen-bond donors (Lipinski definition) is 1. The maximum absolute atomic E-state index is 12.3. The van der Waals surface area contributed by atoms with Crippen molar-refractivity contribution in [3.05, 3.63) is 35.9 Å². The quantitative estimate of drug-likeness (QED) is 0.896. The molecule has 1 N–H and O–H groups in total. The Morgan fingerprint density at radius 1 is 1.25 bits per heavy atom. The lowest BCUT2D eigenvalue weighted by Gasteiger charge is -2.24. The van der Waals surface area contributed by atoms with Gasteiger partial charge in [0.1, 0.15) is 0 Å². The molecule has 1 aromatic rings. The highest BCUT2D eigenvalue weighted by Gasteiger charge is 2.21. The maximum Gasteiger partial charge on any atom is 0.317 e. The van der Waals surface area contributed by atoms with Crippen molar-refractivity contribution < 1.29 is 4.79 Å². The molecule has 110 valence electrons. The number of urea groups is 1. The molecular formula is C16H25N3O. The standard InChI is InChI=1S/C16H25N3O/c1-18(2)13-10-15(14-8-4-3-5-9-14)17-16(20)19-11-6-7-12-19/h3-5,8-9,15H,6-7,10-13H2,1-2H3,(H,17,20). The zero-order valence-corrected chi connectivity index (χ0v) is 12.5. The van der Waals surface area contributed by atoms with Crippen LogP contribution in [0.25, 0.3) is 0 Å². The summed E-state index contributed by atoms with van der Waals surface area (Å²) in [5.41, 5.74) is 1.18. The summed E-state index contributed by atoms with van der Waals surface area (Å²) in [6, 6.07) is 10.4. The molecule has 1 unspecified atom stereocenters. The van der Waals surface area contributed by atoms with E-state index in [0.29, 0.717) is 0 Å². The Labute approximate surface area is 121 Å². The Kier molecular flexibility index (Phi) is 5.41. The van der Waals surface area contributed by atoms with Crippen LogP contribution in [0.5, 0.6) is 0 Å². The number of carbonyl (C=O) groups excluding carboxylic acids is 1. The monoisotopic (exact) mass is 275 g/mol. The number of amides is 2. The molecule has 1 atom stereocenters. The van der Waals surface area contributed by atoms with Crippen molar-refractivity contribution >= 4 is 6.03 Å². The Morgan fingerprint density at radius 3 is 2.50 bits per heavy atom. The highest BCUT2D eigenvalue weighted by Crippen LogP contribution is 2.18. The van der Waals surface area contributed by atoms with Crippen molar-refractivity contribution in [1.29, 1.82) is 0 Å². The minimum Gasteiger partial charge on any atom is -0.331 e. The van der Waals surface area contributed by atoms with Crippen LogP contribution in [0.2, 0.25) is 0 Å². The fourth-order valence-corrected chi connectivity index (χ4v) is 2.56. The van der Waals surface area contributed by atoms with E-state index in [1.807, 2.05) is 23.1 Å². The van der Waals surface area contributed by atoms with E-state index in [0.717, 1.165) is 38.9 Å². The molecule has 1 aliphatic rings. The summed E-state index contributed by atoms with van der Waals surface area (Å²) >= 11 is 0. The Morgan fingerprint density at radius 2 is 1.90 bits per heavy atom. The van der Waals surface area contributed by atoms with Gasteiger partial charge in [-0.25, -0.2) is 4.79 Å². The van der Waals surface area contributed by atoms with Gasteiger partial charge in [-0.15, -0.1) is 0 Å².